The van der Waals surface area contributed by atoms with E-state index in [9.17, 15) is 13.6 Å². The van der Waals surface area contributed by atoms with Gasteiger partial charge in [0.15, 0.2) is 6.61 Å². The zero-order valence-corrected chi connectivity index (χ0v) is 20.9. The van der Waals surface area contributed by atoms with E-state index in [2.05, 4.69) is 6.58 Å². The van der Waals surface area contributed by atoms with E-state index < -0.39 is 36.4 Å². The van der Waals surface area contributed by atoms with E-state index in [1.165, 1.54) is 18.2 Å². The van der Waals surface area contributed by atoms with Gasteiger partial charge in [0.05, 0.1) is 17.2 Å². The van der Waals surface area contributed by atoms with Gasteiger partial charge in [-0.15, -0.1) is 0 Å². The third-order valence-electron chi connectivity index (χ3n) is 6.32. The highest BCUT2D eigenvalue weighted by Gasteiger charge is 2.42. The van der Waals surface area contributed by atoms with Gasteiger partial charge in [0.1, 0.15) is 17.4 Å². The van der Waals surface area contributed by atoms with Gasteiger partial charge in [-0.2, -0.15) is 0 Å². The number of hydrogen-bond acceptors (Lipinski definition) is 3. The van der Waals surface area contributed by atoms with E-state index in [0.717, 1.165) is 17.2 Å². The summed E-state index contributed by atoms with van der Waals surface area (Å²) in [6.07, 6.45) is -0.858. The molecule has 4 nitrogen and oxygen atoms in total. The number of aliphatic carboxylic acids is 1. The van der Waals surface area contributed by atoms with Crippen LogP contribution in [0.4, 0.5) is 8.78 Å². The van der Waals surface area contributed by atoms with Gasteiger partial charge in [-0.3, -0.25) is 0 Å². The van der Waals surface area contributed by atoms with Crippen molar-refractivity contribution in [3.8, 4) is 5.75 Å². The first-order chi connectivity index (χ1) is 17.1. The van der Waals surface area contributed by atoms with Crippen molar-refractivity contribution in [2.75, 3.05) is 6.61 Å². The van der Waals surface area contributed by atoms with Crippen molar-refractivity contribution in [3.63, 3.8) is 0 Å². The first kappa shape index (κ1) is 26.1. The molecule has 1 heterocycles. The number of hydrogen-bond donors (Lipinski definition) is 1. The molecule has 1 aliphatic heterocycles. The third-order valence-corrected chi connectivity index (χ3v) is 6.86. The molecule has 0 bridgehead atoms. The van der Waals surface area contributed by atoms with Crippen molar-refractivity contribution < 1.29 is 28.2 Å². The molecule has 0 aromatic heterocycles. The number of ether oxygens (including phenoxy) is 2. The summed E-state index contributed by atoms with van der Waals surface area (Å²) < 4.78 is 40.9. The molecule has 0 spiro atoms. The molecule has 188 valence electrons. The average Bonchev–Trinajstić information content (AvgIpc) is 2.82. The SMILES string of the molecule is C=C(C)[C@H]1C[C@H](c2ccc(Cl)cc2)[C@H](c2cccc(F)c2)O[C@@H]1c1cc(F)cc(Cl)c1OCC(=O)O. The van der Waals surface area contributed by atoms with Crippen LogP contribution in [0.5, 0.6) is 5.75 Å². The average molecular weight is 533 g/mol. The predicted molar refractivity (Wildman–Crippen MR) is 135 cm³/mol. The zero-order chi connectivity index (χ0) is 26.0. The van der Waals surface area contributed by atoms with Crippen LogP contribution in [-0.4, -0.2) is 17.7 Å². The fourth-order valence-corrected chi connectivity index (χ4v) is 5.11. The summed E-state index contributed by atoms with van der Waals surface area (Å²) in [5.74, 6) is -2.72. The van der Waals surface area contributed by atoms with Crippen molar-refractivity contribution in [1.82, 2.24) is 0 Å². The predicted octanol–water partition coefficient (Wildman–Crippen LogP) is 7.91. The number of rotatable bonds is 7. The Morgan fingerprint density at radius 1 is 1.06 bits per heavy atom. The molecule has 1 fully saturated rings. The van der Waals surface area contributed by atoms with Gasteiger partial charge in [0, 0.05) is 22.4 Å². The molecular weight excluding hydrogens is 509 g/mol. The Hall–Kier alpha value is -2.93. The monoisotopic (exact) mass is 532 g/mol. The van der Waals surface area contributed by atoms with Crippen molar-refractivity contribution in [1.29, 1.82) is 0 Å². The lowest BCUT2D eigenvalue weighted by molar-refractivity contribution is -0.139. The number of carbonyl (C=O) groups is 1. The second-order valence-corrected chi connectivity index (χ2v) is 9.71. The Balaban J connectivity index is 1.84. The fourth-order valence-electron chi connectivity index (χ4n) is 4.71. The van der Waals surface area contributed by atoms with Crippen LogP contribution >= 0.6 is 23.2 Å². The maximum Gasteiger partial charge on any atom is 0.341 e. The molecule has 4 rings (SSSR count). The van der Waals surface area contributed by atoms with E-state index >= 15 is 0 Å². The molecular formula is C28H24Cl2F2O4. The summed E-state index contributed by atoms with van der Waals surface area (Å²) in [5.41, 5.74) is 2.60. The summed E-state index contributed by atoms with van der Waals surface area (Å²) in [4.78, 5) is 11.2. The Morgan fingerprint density at radius 3 is 2.42 bits per heavy atom. The summed E-state index contributed by atoms with van der Waals surface area (Å²) in [7, 11) is 0. The maximum absolute atomic E-state index is 14.5. The van der Waals surface area contributed by atoms with Gasteiger partial charge in [0.25, 0.3) is 0 Å². The first-order valence-corrected chi connectivity index (χ1v) is 12.0. The van der Waals surface area contributed by atoms with Crippen LogP contribution in [0, 0.1) is 17.6 Å². The van der Waals surface area contributed by atoms with Gasteiger partial charge in [0.2, 0.25) is 0 Å². The van der Waals surface area contributed by atoms with Gasteiger partial charge >= 0.3 is 5.97 Å². The number of carboxylic acid groups (broad SMARTS) is 1. The highest BCUT2D eigenvalue weighted by atomic mass is 35.5. The topological polar surface area (TPSA) is 55.8 Å². The molecule has 0 unspecified atom stereocenters. The van der Waals surface area contributed by atoms with Crippen molar-refractivity contribution >= 4 is 29.2 Å². The summed E-state index contributed by atoms with van der Waals surface area (Å²) >= 11 is 12.4. The normalized spacial score (nSPS) is 21.7. The molecule has 0 saturated carbocycles. The van der Waals surface area contributed by atoms with Crippen LogP contribution in [0.1, 0.15) is 48.2 Å². The molecule has 1 N–H and O–H groups in total. The van der Waals surface area contributed by atoms with E-state index in [1.807, 2.05) is 19.1 Å². The van der Waals surface area contributed by atoms with Crippen molar-refractivity contribution in [3.05, 3.63) is 111 Å². The Labute approximate surface area is 218 Å². The molecule has 1 saturated heterocycles. The number of carboxylic acids is 1. The smallest absolute Gasteiger partial charge is 0.341 e. The second-order valence-electron chi connectivity index (χ2n) is 8.87. The molecule has 1 aliphatic rings. The largest absolute Gasteiger partial charge is 0.480 e. The lowest BCUT2D eigenvalue weighted by Crippen LogP contribution is -2.32. The van der Waals surface area contributed by atoms with E-state index in [-0.39, 0.29) is 28.2 Å². The standard InChI is InChI=1S/C28H24Cl2F2O4/c1-15(2)21-13-22(16-6-8-18(29)9-7-16)26(17-4-3-5-19(31)10-17)36-27(21)23-11-20(32)12-24(30)28(23)35-14-25(33)34/h3-12,21-22,26-27H,1,13-14H2,2H3,(H,33,34)/t21-,22-,26+,27+/m1/s1. The molecule has 8 heteroatoms. The van der Waals surface area contributed by atoms with E-state index in [4.69, 9.17) is 37.8 Å². The van der Waals surface area contributed by atoms with Gasteiger partial charge in [-0.25, -0.2) is 13.6 Å². The quantitative estimate of drug-likeness (QED) is 0.314. The van der Waals surface area contributed by atoms with E-state index in [0.29, 0.717) is 17.0 Å². The maximum atomic E-state index is 14.5. The van der Waals surface area contributed by atoms with Gasteiger partial charge < -0.3 is 14.6 Å². The van der Waals surface area contributed by atoms with Crippen LogP contribution in [0.25, 0.3) is 0 Å². The Morgan fingerprint density at radius 2 is 1.78 bits per heavy atom. The lowest BCUT2D eigenvalue weighted by Gasteiger charge is -2.43. The highest BCUT2D eigenvalue weighted by Crippen LogP contribution is 2.54. The zero-order valence-electron chi connectivity index (χ0n) is 19.4. The van der Waals surface area contributed by atoms with Crippen LogP contribution < -0.4 is 4.74 Å². The van der Waals surface area contributed by atoms with Crippen LogP contribution in [0.3, 0.4) is 0 Å². The summed E-state index contributed by atoms with van der Waals surface area (Å²) in [6.45, 7) is 5.32. The van der Waals surface area contributed by atoms with Crippen LogP contribution in [0.15, 0.2) is 72.8 Å². The minimum Gasteiger partial charge on any atom is -0.480 e. The molecule has 0 amide bonds. The summed E-state index contributed by atoms with van der Waals surface area (Å²) in [5, 5.41) is 9.64. The molecule has 3 aromatic carbocycles. The molecule has 0 radical (unpaired) electrons. The summed E-state index contributed by atoms with van der Waals surface area (Å²) in [6, 6.07) is 15.8. The molecule has 4 atom stereocenters. The number of benzene rings is 3. The Kier molecular flexibility index (Phi) is 7.98. The first-order valence-electron chi connectivity index (χ1n) is 11.3. The van der Waals surface area contributed by atoms with Crippen molar-refractivity contribution in [2.24, 2.45) is 5.92 Å². The lowest BCUT2D eigenvalue weighted by atomic mass is 9.74. The highest BCUT2D eigenvalue weighted by molar-refractivity contribution is 6.32. The molecule has 36 heavy (non-hydrogen) atoms. The second kappa shape index (κ2) is 11.0. The fraction of sp³-hybridized carbons (Fsp3) is 0.250. The van der Waals surface area contributed by atoms with Crippen LogP contribution in [0.2, 0.25) is 10.0 Å². The number of halogens is 4. The van der Waals surface area contributed by atoms with Gasteiger partial charge in [-0.1, -0.05) is 59.6 Å². The minimum atomic E-state index is -1.21. The molecule has 0 aliphatic carbocycles. The van der Waals surface area contributed by atoms with Crippen LogP contribution in [-0.2, 0) is 9.53 Å². The third kappa shape index (κ3) is 5.72. The molecule has 3 aromatic rings. The van der Waals surface area contributed by atoms with E-state index in [1.54, 1.807) is 24.3 Å². The van der Waals surface area contributed by atoms with Crippen molar-refractivity contribution in [2.45, 2.75) is 31.5 Å². The Bertz CT molecular complexity index is 1280. The van der Waals surface area contributed by atoms with Gasteiger partial charge in [-0.05, 0) is 60.9 Å². The minimum absolute atomic E-state index is 0.0275.